The van der Waals surface area contributed by atoms with Gasteiger partial charge in [-0.15, -0.1) is 0 Å². The van der Waals surface area contributed by atoms with Crippen LogP contribution in [0.1, 0.15) is 43.7 Å². The lowest BCUT2D eigenvalue weighted by Crippen LogP contribution is -2.42. The monoisotopic (exact) mass is 284 g/mol. The molecule has 0 saturated heterocycles. The number of benzene rings is 1. The third kappa shape index (κ3) is 3.34. The second-order valence-electron chi connectivity index (χ2n) is 5.41. The van der Waals surface area contributed by atoms with Crippen molar-refractivity contribution < 1.29 is 13.5 Å². The van der Waals surface area contributed by atoms with Gasteiger partial charge in [0.25, 0.3) is 0 Å². The van der Waals surface area contributed by atoms with E-state index in [1.165, 1.54) is 12.5 Å². The topological polar surface area (TPSA) is 47.3 Å². The Balaban J connectivity index is 2.26. The third-order valence-electron chi connectivity index (χ3n) is 4.19. The van der Waals surface area contributed by atoms with Crippen LogP contribution in [0.5, 0.6) is 0 Å². The molecule has 0 spiro atoms. The molecule has 2 unspecified atom stereocenters. The first-order valence-corrected chi connectivity index (χ1v) is 7.11. The van der Waals surface area contributed by atoms with Gasteiger partial charge in [-0.25, -0.2) is 8.78 Å². The molecule has 0 aliphatic heterocycles. The standard InChI is InChI=1S/C15H22F2N2O/c1-20-15(10-5-3-2-4-6-10)14(19-18)12-9-11(16)7-8-13(12)17/h7-10,14-15,19H,2-6,18H2,1H3. The summed E-state index contributed by atoms with van der Waals surface area (Å²) in [4.78, 5) is 0. The molecule has 2 atom stereocenters. The third-order valence-corrected chi connectivity index (χ3v) is 4.19. The second-order valence-corrected chi connectivity index (χ2v) is 5.41. The van der Waals surface area contributed by atoms with Crippen LogP contribution in [0.4, 0.5) is 8.78 Å². The van der Waals surface area contributed by atoms with Crippen LogP contribution in [0.2, 0.25) is 0 Å². The largest absolute Gasteiger partial charge is 0.379 e. The zero-order valence-corrected chi connectivity index (χ0v) is 11.7. The SMILES string of the molecule is COC(C1CCCCC1)C(NN)c1cc(F)ccc1F. The van der Waals surface area contributed by atoms with E-state index < -0.39 is 17.7 Å². The van der Waals surface area contributed by atoms with E-state index in [0.29, 0.717) is 5.92 Å². The van der Waals surface area contributed by atoms with Gasteiger partial charge in [0.1, 0.15) is 11.6 Å². The van der Waals surface area contributed by atoms with Crippen molar-refractivity contribution in [2.45, 2.75) is 44.2 Å². The first kappa shape index (κ1) is 15.4. The Morgan fingerprint density at radius 1 is 1.25 bits per heavy atom. The van der Waals surface area contributed by atoms with E-state index in [1.807, 2.05) is 0 Å². The summed E-state index contributed by atoms with van der Waals surface area (Å²) < 4.78 is 32.9. The van der Waals surface area contributed by atoms with Crippen LogP contribution in [-0.4, -0.2) is 13.2 Å². The molecule has 3 nitrogen and oxygen atoms in total. The Morgan fingerprint density at radius 2 is 1.95 bits per heavy atom. The zero-order valence-electron chi connectivity index (χ0n) is 11.7. The molecule has 20 heavy (non-hydrogen) atoms. The van der Waals surface area contributed by atoms with Gasteiger partial charge in [-0.2, -0.15) is 0 Å². The summed E-state index contributed by atoms with van der Waals surface area (Å²) in [5.41, 5.74) is 2.83. The molecule has 1 fully saturated rings. The van der Waals surface area contributed by atoms with E-state index in [0.717, 1.165) is 37.8 Å². The number of rotatable bonds is 5. The molecule has 1 aliphatic carbocycles. The summed E-state index contributed by atoms with van der Waals surface area (Å²) in [5, 5.41) is 0. The molecule has 1 aliphatic rings. The molecular weight excluding hydrogens is 262 g/mol. The molecule has 0 amide bonds. The molecule has 0 radical (unpaired) electrons. The number of hydrazine groups is 1. The van der Waals surface area contributed by atoms with Crippen LogP contribution in [0.25, 0.3) is 0 Å². The van der Waals surface area contributed by atoms with Crippen molar-refractivity contribution in [2.75, 3.05) is 7.11 Å². The van der Waals surface area contributed by atoms with Gasteiger partial charge in [0.05, 0.1) is 12.1 Å². The molecule has 2 rings (SSSR count). The Morgan fingerprint density at radius 3 is 2.55 bits per heavy atom. The van der Waals surface area contributed by atoms with E-state index >= 15 is 0 Å². The maximum Gasteiger partial charge on any atom is 0.128 e. The van der Waals surface area contributed by atoms with E-state index in [9.17, 15) is 8.78 Å². The lowest BCUT2D eigenvalue weighted by Gasteiger charge is -2.34. The normalized spacial score (nSPS) is 19.8. The Hall–Kier alpha value is -1.04. The highest BCUT2D eigenvalue weighted by Gasteiger charge is 2.32. The Labute approximate surface area is 118 Å². The lowest BCUT2D eigenvalue weighted by atomic mass is 9.81. The average Bonchev–Trinajstić information content (AvgIpc) is 2.48. The first-order valence-electron chi connectivity index (χ1n) is 7.11. The minimum atomic E-state index is -0.543. The number of methoxy groups -OCH3 is 1. The average molecular weight is 284 g/mol. The maximum atomic E-state index is 14.0. The Bertz CT molecular complexity index is 436. The molecule has 0 heterocycles. The Kier molecular flexibility index (Phi) is 5.46. The van der Waals surface area contributed by atoms with Crippen LogP contribution >= 0.6 is 0 Å². The van der Waals surface area contributed by atoms with Gasteiger partial charge in [-0.05, 0) is 37.0 Å². The molecule has 5 heteroatoms. The first-order chi connectivity index (χ1) is 9.67. The minimum absolute atomic E-state index is 0.227. The van der Waals surface area contributed by atoms with E-state index in [1.54, 1.807) is 7.11 Å². The highest BCUT2D eigenvalue weighted by Crippen LogP contribution is 2.34. The minimum Gasteiger partial charge on any atom is -0.379 e. The predicted molar refractivity (Wildman–Crippen MR) is 73.8 cm³/mol. The van der Waals surface area contributed by atoms with Crippen LogP contribution < -0.4 is 11.3 Å². The van der Waals surface area contributed by atoms with Crippen molar-refractivity contribution in [3.05, 3.63) is 35.4 Å². The molecule has 0 aromatic heterocycles. The van der Waals surface area contributed by atoms with Gasteiger partial charge in [-0.3, -0.25) is 11.3 Å². The highest BCUT2D eigenvalue weighted by atomic mass is 19.1. The highest BCUT2D eigenvalue weighted by molar-refractivity contribution is 5.23. The summed E-state index contributed by atoms with van der Waals surface area (Å²) >= 11 is 0. The van der Waals surface area contributed by atoms with Crippen molar-refractivity contribution in [3.63, 3.8) is 0 Å². The van der Waals surface area contributed by atoms with E-state index in [-0.39, 0.29) is 11.7 Å². The van der Waals surface area contributed by atoms with E-state index in [4.69, 9.17) is 10.6 Å². The fraction of sp³-hybridized carbons (Fsp3) is 0.600. The molecule has 1 aromatic rings. The van der Waals surface area contributed by atoms with Gasteiger partial charge in [-0.1, -0.05) is 19.3 Å². The van der Waals surface area contributed by atoms with Crippen molar-refractivity contribution in [3.8, 4) is 0 Å². The predicted octanol–water partition coefficient (Wildman–Crippen LogP) is 3.06. The fourth-order valence-corrected chi connectivity index (χ4v) is 3.18. The van der Waals surface area contributed by atoms with E-state index in [2.05, 4.69) is 5.43 Å². The van der Waals surface area contributed by atoms with Crippen molar-refractivity contribution in [1.29, 1.82) is 0 Å². The molecule has 1 saturated carbocycles. The molecule has 0 bridgehead atoms. The van der Waals surface area contributed by atoms with Gasteiger partial charge in [0.15, 0.2) is 0 Å². The number of hydrogen-bond acceptors (Lipinski definition) is 3. The summed E-state index contributed by atoms with van der Waals surface area (Å²) in [6.07, 6.45) is 5.33. The lowest BCUT2D eigenvalue weighted by molar-refractivity contribution is 0.00658. The second kappa shape index (κ2) is 7.11. The van der Waals surface area contributed by atoms with Gasteiger partial charge in [0.2, 0.25) is 0 Å². The summed E-state index contributed by atoms with van der Waals surface area (Å²) in [5.74, 6) is 4.97. The van der Waals surface area contributed by atoms with Crippen molar-refractivity contribution in [1.82, 2.24) is 5.43 Å². The van der Waals surface area contributed by atoms with Gasteiger partial charge in [0, 0.05) is 12.7 Å². The van der Waals surface area contributed by atoms with Crippen LogP contribution in [0.3, 0.4) is 0 Å². The number of nitrogens with one attached hydrogen (secondary N) is 1. The molecule has 3 N–H and O–H groups in total. The number of nitrogens with two attached hydrogens (primary N) is 1. The zero-order chi connectivity index (χ0) is 14.5. The maximum absolute atomic E-state index is 14.0. The van der Waals surface area contributed by atoms with Crippen molar-refractivity contribution >= 4 is 0 Å². The fourth-order valence-electron chi connectivity index (χ4n) is 3.18. The molecular formula is C15H22F2N2O. The number of hydrogen-bond donors (Lipinski definition) is 2. The van der Waals surface area contributed by atoms with Crippen LogP contribution in [0.15, 0.2) is 18.2 Å². The number of ether oxygens (including phenoxy) is 1. The van der Waals surface area contributed by atoms with Crippen LogP contribution in [-0.2, 0) is 4.74 Å². The summed E-state index contributed by atoms with van der Waals surface area (Å²) in [7, 11) is 1.60. The number of halogens is 2. The summed E-state index contributed by atoms with van der Waals surface area (Å²) in [6.45, 7) is 0. The van der Waals surface area contributed by atoms with Gasteiger partial charge < -0.3 is 4.74 Å². The van der Waals surface area contributed by atoms with Crippen molar-refractivity contribution in [2.24, 2.45) is 11.8 Å². The van der Waals surface area contributed by atoms with Crippen LogP contribution in [0, 0.1) is 17.6 Å². The molecule has 112 valence electrons. The summed E-state index contributed by atoms with van der Waals surface area (Å²) in [6, 6.07) is 2.88. The quantitative estimate of drug-likeness (QED) is 0.645. The van der Waals surface area contributed by atoms with Gasteiger partial charge >= 0.3 is 0 Å². The molecule has 1 aromatic carbocycles. The smallest absolute Gasteiger partial charge is 0.128 e.